The van der Waals surface area contributed by atoms with Crippen LogP contribution >= 0.6 is 12.0 Å². The molecule has 110 valence electrons. The molecule has 2 aromatic carbocycles. The lowest BCUT2D eigenvalue weighted by molar-refractivity contribution is -0.130. The standard InChI is InChI=1S/C17H18O3S/c1-12-6-4-7-13(2)17(12)11-19-15-8-5-9-16(10-15)21-20-14(3)18/h4-10H,11H2,1-3H3. The van der Waals surface area contributed by atoms with Gasteiger partial charge < -0.3 is 8.92 Å². The van der Waals surface area contributed by atoms with Crippen LogP contribution in [0.5, 0.6) is 5.75 Å². The maximum absolute atomic E-state index is 10.8. The van der Waals surface area contributed by atoms with Crippen molar-refractivity contribution in [2.75, 3.05) is 0 Å². The predicted octanol–water partition coefficient (Wildman–Crippen LogP) is 4.45. The summed E-state index contributed by atoms with van der Waals surface area (Å²) in [4.78, 5) is 11.7. The summed E-state index contributed by atoms with van der Waals surface area (Å²) in [5, 5.41) is 0. The third kappa shape index (κ3) is 4.53. The summed E-state index contributed by atoms with van der Waals surface area (Å²) in [6.07, 6.45) is 0. The molecule has 0 aliphatic heterocycles. The highest BCUT2D eigenvalue weighted by Crippen LogP contribution is 2.25. The number of hydrogen-bond acceptors (Lipinski definition) is 4. The monoisotopic (exact) mass is 302 g/mol. The summed E-state index contributed by atoms with van der Waals surface area (Å²) < 4.78 is 10.8. The van der Waals surface area contributed by atoms with Gasteiger partial charge in [0.25, 0.3) is 0 Å². The molecule has 0 fully saturated rings. The Kier molecular flexibility index (Phi) is 5.28. The van der Waals surface area contributed by atoms with E-state index in [1.807, 2.05) is 30.3 Å². The largest absolute Gasteiger partial charge is 0.489 e. The van der Waals surface area contributed by atoms with Crippen LogP contribution in [0.3, 0.4) is 0 Å². The lowest BCUT2D eigenvalue weighted by Crippen LogP contribution is -2.00. The topological polar surface area (TPSA) is 35.5 Å². The maximum Gasteiger partial charge on any atom is 0.315 e. The molecule has 0 saturated heterocycles. The molecular formula is C17H18O3S. The van der Waals surface area contributed by atoms with Crippen molar-refractivity contribution in [1.29, 1.82) is 0 Å². The molecular weight excluding hydrogens is 284 g/mol. The van der Waals surface area contributed by atoms with Crippen LogP contribution in [0.4, 0.5) is 0 Å². The van der Waals surface area contributed by atoms with Crippen molar-refractivity contribution >= 4 is 18.0 Å². The number of benzene rings is 2. The van der Waals surface area contributed by atoms with Gasteiger partial charge in [-0.1, -0.05) is 24.3 Å². The van der Waals surface area contributed by atoms with Crippen molar-refractivity contribution in [3.8, 4) is 5.75 Å². The summed E-state index contributed by atoms with van der Waals surface area (Å²) in [6.45, 7) is 6.08. The minimum atomic E-state index is -0.318. The summed E-state index contributed by atoms with van der Waals surface area (Å²) in [5.41, 5.74) is 3.65. The summed E-state index contributed by atoms with van der Waals surface area (Å²) in [6, 6.07) is 13.7. The second-order valence-electron chi connectivity index (χ2n) is 4.79. The fourth-order valence-corrected chi connectivity index (χ4v) is 2.47. The molecule has 0 aliphatic carbocycles. The van der Waals surface area contributed by atoms with Gasteiger partial charge in [-0.3, -0.25) is 4.79 Å². The van der Waals surface area contributed by atoms with Crippen LogP contribution in [0.2, 0.25) is 0 Å². The predicted molar refractivity (Wildman–Crippen MR) is 84.3 cm³/mol. The van der Waals surface area contributed by atoms with Crippen molar-refractivity contribution in [1.82, 2.24) is 0 Å². The van der Waals surface area contributed by atoms with Gasteiger partial charge in [-0.15, -0.1) is 0 Å². The molecule has 3 nitrogen and oxygen atoms in total. The number of carbonyl (C=O) groups is 1. The van der Waals surface area contributed by atoms with Gasteiger partial charge in [0.05, 0.1) is 16.9 Å². The first-order valence-electron chi connectivity index (χ1n) is 6.69. The van der Waals surface area contributed by atoms with E-state index in [2.05, 4.69) is 26.0 Å². The van der Waals surface area contributed by atoms with Crippen molar-refractivity contribution in [3.63, 3.8) is 0 Å². The molecule has 0 unspecified atom stereocenters. The van der Waals surface area contributed by atoms with Gasteiger partial charge >= 0.3 is 5.97 Å². The first-order chi connectivity index (χ1) is 10.1. The maximum atomic E-state index is 10.8. The zero-order chi connectivity index (χ0) is 15.2. The molecule has 0 N–H and O–H groups in total. The molecule has 0 radical (unpaired) electrons. The normalized spacial score (nSPS) is 10.2. The van der Waals surface area contributed by atoms with Crippen molar-refractivity contribution in [2.24, 2.45) is 0 Å². The first kappa shape index (κ1) is 15.4. The van der Waals surface area contributed by atoms with Crippen molar-refractivity contribution < 1.29 is 13.7 Å². The SMILES string of the molecule is CC(=O)OSc1cccc(OCc2c(C)cccc2C)c1. The van der Waals surface area contributed by atoms with Gasteiger partial charge in [-0.25, -0.2) is 0 Å². The Morgan fingerprint density at radius 1 is 1.10 bits per heavy atom. The third-order valence-corrected chi connectivity index (χ3v) is 3.85. The number of hydrogen-bond donors (Lipinski definition) is 0. The van der Waals surface area contributed by atoms with Crippen LogP contribution in [-0.2, 0) is 15.6 Å². The van der Waals surface area contributed by atoms with E-state index in [0.29, 0.717) is 6.61 Å². The molecule has 0 aliphatic rings. The Balaban J connectivity index is 2.03. The lowest BCUT2D eigenvalue weighted by Gasteiger charge is -2.12. The van der Waals surface area contributed by atoms with Gasteiger partial charge in [0.2, 0.25) is 0 Å². The second kappa shape index (κ2) is 7.18. The van der Waals surface area contributed by atoms with Gasteiger partial charge in [0, 0.05) is 6.92 Å². The van der Waals surface area contributed by atoms with E-state index < -0.39 is 0 Å². The molecule has 0 atom stereocenters. The minimum absolute atomic E-state index is 0.318. The van der Waals surface area contributed by atoms with Crippen LogP contribution in [0, 0.1) is 13.8 Å². The molecule has 0 aromatic heterocycles. The molecule has 0 amide bonds. The van der Waals surface area contributed by atoms with Gasteiger partial charge in [-0.05, 0) is 48.7 Å². The molecule has 2 rings (SSSR count). The number of rotatable bonds is 5. The lowest BCUT2D eigenvalue weighted by atomic mass is 10.0. The Hall–Kier alpha value is -1.94. The zero-order valence-electron chi connectivity index (χ0n) is 12.4. The number of carbonyl (C=O) groups excluding carboxylic acids is 1. The van der Waals surface area contributed by atoms with E-state index in [1.165, 1.54) is 23.6 Å². The molecule has 0 spiro atoms. The number of aryl methyl sites for hydroxylation is 2. The van der Waals surface area contributed by atoms with Gasteiger partial charge in [0.1, 0.15) is 12.4 Å². The highest BCUT2D eigenvalue weighted by molar-refractivity contribution is 7.95. The number of ether oxygens (including phenoxy) is 1. The highest BCUT2D eigenvalue weighted by Gasteiger charge is 2.05. The highest BCUT2D eigenvalue weighted by atomic mass is 32.2. The van der Waals surface area contributed by atoms with Crippen LogP contribution in [0.15, 0.2) is 47.4 Å². The van der Waals surface area contributed by atoms with Gasteiger partial charge in [-0.2, -0.15) is 0 Å². The smallest absolute Gasteiger partial charge is 0.315 e. The second-order valence-corrected chi connectivity index (χ2v) is 5.60. The molecule has 0 heterocycles. The fourth-order valence-electron chi connectivity index (χ4n) is 1.95. The van der Waals surface area contributed by atoms with Crippen LogP contribution in [-0.4, -0.2) is 5.97 Å². The van der Waals surface area contributed by atoms with E-state index in [1.54, 1.807) is 0 Å². The molecule has 4 heteroatoms. The average molecular weight is 302 g/mol. The first-order valence-corrected chi connectivity index (χ1v) is 7.43. The van der Waals surface area contributed by atoms with E-state index in [4.69, 9.17) is 8.92 Å². The van der Waals surface area contributed by atoms with Gasteiger partial charge in [0.15, 0.2) is 0 Å². The van der Waals surface area contributed by atoms with Crippen LogP contribution < -0.4 is 4.74 Å². The summed E-state index contributed by atoms with van der Waals surface area (Å²) in [5.74, 6) is 0.441. The summed E-state index contributed by atoms with van der Waals surface area (Å²) in [7, 11) is 0. The van der Waals surface area contributed by atoms with E-state index in [0.717, 1.165) is 22.7 Å². The van der Waals surface area contributed by atoms with E-state index in [9.17, 15) is 4.79 Å². The Labute approximate surface area is 129 Å². The molecule has 0 bridgehead atoms. The van der Waals surface area contributed by atoms with Crippen LogP contribution in [0.1, 0.15) is 23.6 Å². The minimum Gasteiger partial charge on any atom is -0.489 e. The van der Waals surface area contributed by atoms with Crippen molar-refractivity contribution in [2.45, 2.75) is 32.3 Å². The van der Waals surface area contributed by atoms with E-state index >= 15 is 0 Å². The average Bonchev–Trinajstić information content (AvgIpc) is 2.45. The molecule has 21 heavy (non-hydrogen) atoms. The molecule has 2 aromatic rings. The fraction of sp³-hybridized carbons (Fsp3) is 0.235. The zero-order valence-corrected chi connectivity index (χ0v) is 13.2. The van der Waals surface area contributed by atoms with Crippen LogP contribution in [0.25, 0.3) is 0 Å². The Bertz CT molecular complexity index is 617. The Morgan fingerprint density at radius 2 is 1.76 bits per heavy atom. The quantitative estimate of drug-likeness (QED) is 0.764. The van der Waals surface area contributed by atoms with Crippen molar-refractivity contribution in [3.05, 3.63) is 59.2 Å². The Morgan fingerprint density at radius 3 is 2.43 bits per heavy atom. The van der Waals surface area contributed by atoms with E-state index in [-0.39, 0.29) is 5.97 Å². The molecule has 0 saturated carbocycles. The third-order valence-electron chi connectivity index (χ3n) is 3.09. The summed E-state index contributed by atoms with van der Waals surface area (Å²) >= 11 is 1.04.